The number of ether oxygens (including phenoxy) is 1. The fourth-order valence-electron chi connectivity index (χ4n) is 5.02. The molecule has 3 heterocycles. The Balaban J connectivity index is 1.55. The molecule has 2 aliphatic heterocycles. The van der Waals surface area contributed by atoms with Gasteiger partial charge in [-0.3, -0.25) is 19.2 Å². The number of carbonyl (C=O) groups excluding carboxylic acids is 4. The molecule has 0 bridgehead atoms. The smallest absolute Gasteiger partial charge is 0.268 e. The van der Waals surface area contributed by atoms with Crippen LogP contribution in [0.4, 0.5) is 0 Å². The molecule has 34 heavy (non-hydrogen) atoms. The van der Waals surface area contributed by atoms with Crippen molar-refractivity contribution in [2.45, 2.75) is 45.2 Å². The number of amides is 4. The molecule has 0 radical (unpaired) electrons. The maximum atomic E-state index is 13.4. The molecule has 2 aliphatic rings. The van der Waals surface area contributed by atoms with Gasteiger partial charge in [-0.15, -0.1) is 0 Å². The molecule has 4 amide bonds. The van der Waals surface area contributed by atoms with Gasteiger partial charge in [0.25, 0.3) is 5.91 Å². The van der Waals surface area contributed by atoms with Gasteiger partial charge >= 0.3 is 0 Å². The number of methoxy groups -OCH3 is 1. The van der Waals surface area contributed by atoms with Gasteiger partial charge in [-0.2, -0.15) is 0 Å². The van der Waals surface area contributed by atoms with Crippen LogP contribution in [0, 0.1) is 11.3 Å². The monoisotopic (exact) mass is 469 g/mol. The number of aromatic nitrogens is 1. The number of nitrogens with zero attached hydrogens (tertiary/aromatic N) is 1. The first-order valence-corrected chi connectivity index (χ1v) is 11.4. The number of fused-ring (bicyclic) bond motifs is 1. The number of nitrogens with one attached hydrogen (secondary N) is 3. The summed E-state index contributed by atoms with van der Waals surface area (Å²) in [6.07, 6.45) is 1.18. The second kappa shape index (κ2) is 9.00. The average Bonchev–Trinajstić information content (AvgIpc) is 3.39. The molecule has 1 aromatic heterocycles. The minimum atomic E-state index is -0.919. The van der Waals surface area contributed by atoms with Crippen LogP contribution < -0.4 is 21.1 Å². The third-order valence-electron chi connectivity index (χ3n) is 6.71. The largest absolute Gasteiger partial charge is 0.496 e. The number of aromatic amines is 1. The van der Waals surface area contributed by atoms with Gasteiger partial charge in [0.05, 0.1) is 7.11 Å². The normalized spacial score (nSPS) is 23.0. The van der Waals surface area contributed by atoms with Crippen LogP contribution in [0.5, 0.6) is 5.75 Å². The molecular formula is C24H31N5O5. The van der Waals surface area contributed by atoms with E-state index in [1.807, 2.05) is 26.0 Å². The third kappa shape index (κ3) is 4.57. The van der Waals surface area contributed by atoms with Crippen LogP contribution in [0.3, 0.4) is 0 Å². The summed E-state index contributed by atoms with van der Waals surface area (Å²) in [5.41, 5.74) is 6.35. The Hall–Kier alpha value is -3.56. The topological polar surface area (TPSA) is 147 Å². The van der Waals surface area contributed by atoms with Crippen molar-refractivity contribution >= 4 is 34.5 Å². The van der Waals surface area contributed by atoms with Gasteiger partial charge < -0.3 is 31.0 Å². The van der Waals surface area contributed by atoms with Crippen LogP contribution in [0.15, 0.2) is 24.3 Å². The van der Waals surface area contributed by atoms with Crippen molar-refractivity contribution in [2.24, 2.45) is 17.1 Å². The summed E-state index contributed by atoms with van der Waals surface area (Å²) in [6, 6.07) is 5.39. The standard InChI is InChI=1S/C24H31N5O5/c1-24(2)11-17(28-22(32)16-10-14-15(27-16)5-4-6-19(14)34-3)23(33)29(12-24)18(20(25)30)9-13-7-8-26-21(13)31/h4-6,10,13,17-18,27H,7-9,11-12H2,1-3H3,(H2,25,30)(H,26,31)(H,28,32)/t13-,17-,18-/m0/s1. The van der Waals surface area contributed by atoms with E-state index in [-0.39, 0.29) is 29.6 Å². The summed E-state index contributed by atoms with van der Waals surface area (Å²) in [7, 11) is 1.56. The first-order chi connectivity index (χ1) is 16.1. The van der Waals surface area contributed by atoms with Crippen molar-refractivity contribution < 1.29 is 23.9 Å². The van der Waals surface area contributed by atoms with Crippen molar-refractivity contribution in [3.8, 4) is 5.75 Å². The van der Waals surface area contributed by atoms with E-state index in [2.05, 4.69) is 15.6 Å². The second-order valence-electron chi connectivity index (χ2n) is 9.90. The zero-order valence-corrected chi connectivity index (χ0v) is 19.6. The Bertz CT molecular complexity index is 1140. The lowest BCUT2D eigenvalue weighted by molar-refractivity contribution is -0.148. The van der Waals surface area contributed by atoms with Gasteiger partial charge in [0.15, 0.2) is 0 Å². The van der Waals surface area contributed by atoms with E-state index >= 15 is 0 Å². The zero-order chi connectivity index (χ0) is 24.6. The van der Waals surface area contributed by atoms with E-state index in [4.69, 9.17) is 10.5 Å². The van der Waals surface area contributed by atoms with Gasteiger partial charge in [0.2, 0.25) is 17.7 Å². The molecule has 0 aliphatic carbocycles. The Kier molecular flexibility index (Phi) is 6.24. The lowest BCUT2D eigenvalue weighted by atomic mass is 9.80. The SMILES string of the molecule is COc1cccc2[nH]c(C(=O)N[C@H]3CC(C)(C)CN([C@@H](C[C@@H]4CCNC4=O)C(N)=O)C3=O)cc12. The summed E-state index contributed by atoms with van der Waals surface area (Å²) in [5.74, 6) is -1.32. The van der Waals surface area contributed by atoms with Crippen LogP contribution in [0.2, 0.25) is 0 Å². The number of likely N-dealkylation sites (tertiary alicyclic amines) is 1. The number of piperidine rings is 1. The molecule has 2 aromatic rings. The molecule has 182 valence electrons. The maximum absolute atomic E-state index is 13.4. The van der Waals surface area contributed by atoms with Crippen LogP contribution >= 0.6 is 0 Å². The van der Waals surface area contributed by atoms with Crippen LogP contribution in [0.1, 0.15) is 43.6 Å². The van der Waals surface area contributed by atoms with Crippen molar-refractivity contribution in [1.29, 1.82) is 0 Å². The summed E-state index contributed by atoms with van der Waals surface area (Å²) in [5, 5.41) is 6.34. The zero-order valence-electron chi connectivity index (χ0n) is 19.6. The number of primary amides is 1. The van der Waals surface area contributed by atoms with Gasteiger partial charge in [-0.25, -0.2) is 0 Å². The van der Waals surface area contributed by atoms with Crippen LogP contribution in [-0.2, 0) is 14.4 Å². The van der Waals surface area contributed by atoms with E-state index < -0.39 is 23.9 Å². The Morgan fingerprint density at radius 1 is 1.32 bits per heavy atom. The number of hydrogen-bond acceptors (Lipinski definition) is 5. The van der Waals surface area contributed by atoms with Gasteiger partial charge in [-0.05, 0) is 42.9 Å². The minimum absolute atomic E-state index is 0.130. The van der Waals surface area contributed by atoms with Gasteiger partial charge in [0.1, 0.15) is 23.5 Å². The molecule has 1 aromatic carbocycles. The predicted molar refractivity (Wildman–Crippen MR) is 125 cm³/mol. The van der Waals surface area contributed by atoms with Crippen LogP contribution in [0.25, 0.3) is 10.9 Å². The van der Waals surface area contributed by atoms with E-state index in [1.54, 1.807) is 19.2 Å². The molecule has 3 atom stereocenters. The fraction of sp³-hybridized carbons (Fsp3) is 0.500. The average molecular weight is 470 g/mol. The van der Waals surface area contributed by atoms with Crippen molar-refractivity contribution in [1.82, 2.24) is 20.5 Å². The summed E-state index contributed by atoms with van der Waals surface area (Å²) >= 11 is 0. The van der Waals surface area contributed by atoms with E-state index in [9.17, 15) is 19.2 Å². The molecule has 4 rings (SSSR count). The second-order valence-corrected chi connectivity index (χ2v) is 9.90. The molecule has 0 spiro atoms. The maximum Gasteiger partial charge on any atom is 0.268 e. The highest BCUT2D eigenvalue weighted by atomic mass is 16.5. The summed E-state index contributed by atoms with van der Waals surface area (Å²) in [6.45, 7) is 4.80. The molecular weight excluding hydrogens is 438 g/mol. The molecule has 5 N–H and O–H groups in total. The highest BCUT2D eigenvalue weighted by molar-refractivity contribution is 6.02. The highest BCUT2D eigenvalue weighted by Gasteiger charge is 2.45. The number of nitrogens with two attached hydrogens (primary N) is 1. The first kappa shape index (κ1) is 23.6. The Morgan fingerprint density at radius 3 is 2.74 bits per heavy atom. The molecule has 0 unspecified atom stereocenters. The molecule has 10 heteroatoms. The molecule has 2 fully saturated rings. The number of benzene rings is 1. The van der Waals surface area contributed by atoms with Crippen molar-refractivity contribution in [2.75, 3.05) is 20.2 Å². The van der Waals surface area contributed by atoms with Crippen LogP contribution in [-0.4, -0.2) is 65.8 Å². The quantitative estimate of drug-likeness (QED) is 0.476. The lowest BCUT2D eigenvalue weighted by Crippen LogP contribution is -2.62. The van der Waals surface area contributed by atoms with Crippen molar-refractivity contribution in [3.63, 3.8) is 0 Å². The van der Waals surface area contributed by atoms with Crippen molar-refractivity contribution in [3.05, 3.63) is 30.0 Å². The lowest BCUT2D eigenvalue weighted by Gasteiger charge is -2.45. The molecule has 2 saturated heterocycles. The summed E-state index contributed by atoms with van der Waals surface area (Å²) in [4.78, 5) is 55.4. The number of H-pyrrole nitrogens is 1. The van der Waals surface area contributed by atoms with E-state index in [0.717, 1.165) is 10.9 Å². The molecule has 10 nitrogen and oxygen atoms in total. The van der Waals surface area contributed by atoms with Gasteiger partial charge in [0, 0.05) is 29.9 Å². The Labute approximate surface area is 197 Å². The van der Waals surface area contributed by atoms with E-state index in [1.165, 1.54) is 4.90 Å². The minimum Gasteiger partial charge on any atom is -0.496 e. The fourth-order valence-corrected chi connectivity index (χ4v) is 5.02. The number of carbonyl (C=O) groups is 4. The molecule has 0 saturated carbocycles. The Morgan fingerprint density at radius 2 is 2.09 bits per heavy atom. The van der Waals surface area contributed by atoms with E-state index in [0.29, 0.717) is 37.4 Å². The predicted octanol–water partition coefficient (Wildman–Crippen LogP) is 0.914. The highest BCUT2D eigenvalue weighted by Crippen LogP contribution is 2.33. The third-order valence-corrected chi connectivity index (χ3v) is 6.71. The number of rotatable bonds is 7. The first-order valence-electron chi connectivity index (χ1n) is 11.4. The summed E-state index contributed by atoms with van der Waals surface area (Å²) < 4.78 is 5.36. The number of hydrogen-bond donors (Lipinski definition) is 4. The van der Waals surface area contributed by atoms with Gasteiger partial charge in [-0.1, -0.05) is 19.9 Å².